The van der Waals surface area contributed by atoms with E-state index in [1.54, 1.807) is 28.0 Å². The van der Waals surface area contributed by atoms with Gasteiger partial charge in [0.15, 0.2) is 5.16 Å². The molecule has 0 bridgehead atoms. The molecule has 2 aromatic heterocycles. The maximum absolute atomic E-state index is 13.8. The molecule has 1 aliphatic rings. The van der Waals surface area contributed by atoms with Crippen molar-refractivity contribution in [1.82, 2.24) is 9.55 Å². The minimum Gasteiger partial charge on any atom is -0.268 e. The summed E-state index contributed by atoms with van der Waals surface area (Å²) in [7, 11) is 0. The Hall–Kier alpha value is -2.97. The second-order valence-corrected chi connectivity index (χ2v) is 10.3. The van der Waals surface area contributed by atoms with Crippen molar-refractivity contribution >= 4 is 39.0 Å². The number of nitro benzene ring substituents is 1. The van der Waals surface area contributed by atoms with Gasteiger partial charge in [0.2, 0.25) is 0 Å². The van der Waals surface area contributed by atoms with Gasteiger partial charge in [-0.2, -0.15) is 0 Å². The number of aromatic nitrogens is 2. The standard InChI is InChI=1S/C25H23N3O3S2/c1-2-16-10-13-20-21(14-16)33-23-22(20)24(29)27(18-6-4-3-5-7-18)25(26-23)32-15-17-8-11-19(12-9-17)28(30)31/h3-9,11-12,16H,2,10,13-15H2,1H3/t16-/m0/s1. The molecule has 0 saturated carbocycles. The lowest BCUT2D eigenvalue weighted by atomic mass is 9.86. The highest BCUT2D eigenvalue weighted by molar-refractivity contribution is 7.98. The van der Waals surface area contributed by atoms with E-state index in [2.05, 4.69) is 6.92 Å². The molecule has 8 heteroatoms. The Morgan fingerprint density at radius 3 is 2.64 bits per heavy atom. The number of thiophene rings is 1. The first kappa shape index (κ1) is 21.9. The molecule has 0 unspecified atom stereocenters. The number of fused-ring (bicyclic) bond motifs is 3. The van der Waals surface area contributed by atoms with Crippen molar-refractivity contribution < 1.29 is 4.92 Å². The van der Waals surface area contributed by atoms with Crippen molar-refractivity contribution in [2.45, 2.75) is 43.5 Å². The molecule has 4 aromatic rings. The summed E-state index contributed by atoms with van der Waals surface area (Å²) in [5.41, 5.74) is 2.98. The van der Waals surface area contributed by atoms with Crippen LogP contribution in [0.3, 0.4) is 0 Å². The number of nitro groups is 1. The first-order valence-electron chi connectivity index (χ1n) is 11.0. The average Bonchev–Trinajstić information content (AvgIpc) is 3.21. The third kappa shape index (κ3) is 4.20. The highest BCUT2D eigenvalue weighted by Gasteiger charge is 2.26. The van der Waals surface area contributed by atoms with E-state index in [1.165, 1.54) is 34.3 Å². The number of benzene rings is 2. The van der Waals surface area contributed by atoms with Gasteiger partial charge in [-0.05, 0) is 48.4 Å². The zero-order valence-corrected chi connectivity index (χ0v) is 19.8. The summed E-state index contributed by atoms with van der Waals surface area (Å²) < 4.78 is 1.72. The first-order chi connectivity index (χ1) is 16.0. The first-order valence-corrected chi connectivity index (χ1v) is 12.8. The van der Waals surface area contributed by atoms with E-state index >= 15 is 0 Å². The second kappa shape index (κ2) is 9.11. The number of non-ortho nitro benzene ring substituents is 1. The van der Waals surface area contributed by atoms with E-state index in [0.29, 0.717) is 16.8 Å². The van der Waals surface area contributed by atoms with E-state index in [-0.39, 0.29) is 11.2 Å². The van der Waals surface area contributed by atoms with Gasteiger partial charge >= 0.3 is 0 Å². The molecule has 2 heterocycles. The van der Waals surface area contributed by atoms with Gasteiger partial charge in [0.1, 0.15) is 4.83 Å². The zero-order chi connectivity index (χ0) is 22.9. The van der Waals surface area contributed by atoms with Crippen LogP contribution in [0.1, 0.15) is 35.8 Å². The van der Waals surface area contributed by atoms with Crippen molar-refractivity contribution in [1.29, 1.82) is 0 Å². The summed E-state index contributed by atoms with van der Waals surface area (Å²) in [5.74, 6) is 1.24. The molecule has 0 N–H and O–H groups in total. The van der Waals surface area contributed by atoms with Crippen LogP contribution in [-0.4, -0.2) is 14.5 Å². The van der Waals surface area contributed by atoms with Crippen LogP contribution >= 0.6 is 23.1 Å². The smallest absolute Gasteiger partial charge is 0.268 e. The maximum Gasteiger partial charge on any atom is 0.269 e. The Labute approximate surface area is 199 Å². The SMILES string of the molecule is CC[C@H]1CCc2c(sc3nc(SCc4ccc([N+](=O)[O-])cc4)n(-c4ccccc4)c(=O)c23)C1. The Morgan fingerprint density at radius 2 is 1.94 bits per heavy atom. The van der Waals surface area contributed by atoms with Crippen LogP contribution in [0, 0.1) is 16.0 Å². The summed E-state index contributed by atoms with van der Waals surface area (Å²) >= 11 is 3.14. The molecule has 0 radical (unpaired) electrons. The van der Waals surface area contributed by atoms with Gasteiger partial charge in [0.05, 0.1) is 16.0 Å². The minimum atomic E-state index is -0.402. The molecule has 1 atom stereocenters. The number of hydrogen-bond donors (Lipinski definition) is 0. The number of thioether (sulfide) groups is 1. The summed E-state index contributed by atoms with van der Waals surface area (Å²) in [6.07, 6.45) is 4.25. The number of nitrogens with zero attached hydrogens (tertiary/aromatic N) is 3. The van der Waals surface area contributed by atoms with Gasteiger partial charge < -0.3 is 0 Å². The monoisotopic (exact) mass is 477 g/mol. The molecule has 33 heavy (non-hydrogen) atoms. The van der Waals surface area contributed by atoms with Crippen LogP contribution < -0.4 is 5.56 Å². The van der Waals surface area contributed by atoms with Crippen molar-refractivity contribution in [3.63, 3.8) is 0 Å². The lowest BCUT2D eigenvalue weighted by Gasteiger charge is -2.20. The fourth-order valence-corrected chi connectivity index (χ4v) is 6.73. The van der Waals surface area contributed by atoms with Crippen molar-refractivity contribution in [3.05, 3.63) is 91.1 Å². The minimum absolute atomic E-state index is 0.00940. The van der Waals surface area contributed by atoms with Gasteiger partial charge in [-0.15, -0.1) is 11.3 Å². The summed E-state index contributed by atoms with van der Waals surface area (Å²) in [4.78, 5) is 31.4. The predicted molar refractivity (Wildman–Crippen MR) is 134 cm³/mol. The summed E-state index contributed by atoms with van der Waals surface area (Å²) in [6.45, 7) is 2.23. The molecule has 0 spiro atoms. The van der Waals surface area contributed by atoms with Crippen LogP contribution in [-0.2, 0) is 18.6 Å². The Kier molecular flexibility index (Phi) is 6.03. The molecule has 0 amide bonds. The van der Waals surface area contributed by atoms with E-state index in [4.69, 9.17) is 4.98 Å². The van der Waals surface area contributed by atoms with Crippen molar-refractivity contribution in [2.24, 2.45) is 5.92 Å². The molecule has 1 aliphatic carbocycles. The molecule has 0 aliphatic heterocycles. The van der Waals surface area contributed by atoms with Crippen molar-refractivity contribution in [2.75, 3.05) is 0 Å². The second-order valence-electron chi connectivity index (χ2n) is 8.28. The van der Waals surface area contributed by atoms with Crippen LogP contribution in [0.25, 0.3) is 15.9 Å². The highest BCUT2D eigenvalue weighted by Crippen LogP contribution is 2.38. The van der Waals surface area contributed by atoms with Gasteiger partial charge in [0, 0.05) is 22.8 Å². The number of hydrogen-bond acceptors (Lipinski definition) is 6. The highest BCUT2D eigenvalue weighted by atomic mass is 32.2. The van der Waals surface area contributed by atoms with Gasteiger partial charge in [0.25, 0.3) is 11.2 Å². The normalized spacial score (nSPS) is 15.5. The number of para-hydroxylation sites is 1. The van der Waals surface area contributed by atoms with Crippen LogP contribution in [0.4, 0.5) is 5.69 Å². The molecule has 2 aromatic carbocycles. The third-order valence-corrected chi connectivity index (χ3v) is 8.42. The third-order valence-electron chi connectivity index (χ3n) is 6.26. The van der Waals surface area contributed by atoms with E-state index in [1.807, 2.05) is 30.3 Å². The quantitative estimate of drug-likeness (QED) is 0.144. The molecule has 5 rings (SSSR count). The Balaban J connectivity index is 1.58. The fraction of sp³-hybridized carbons (Fsp3) is 0.280. The number of rotatable bonds is 6. The molecule has 0 saturated heterocycles. The molecule has 0 fully saturated rings. The fourth-order valence-electron chi connectivity index (χ4n) is 4.39. The largest absolute Gasteiger partial charge is 0.269 e. The topological polar surface area (TPSA) is 78.0 Å². The zero-order valence-electron chi connectivity index (χ0n) is 18.2. The van der Waals surface area contributed by atoms with Gasteiger partial charge in [-0.25, -0.2) is 4.98 Å². The van der Waals surface area contributed by atoms with E-state index in [9.17, 15) is 14.9 Å². The van der Waals surface area contributed by atoms with Crippen LogP contribution in [0.15, 0.2) is 64.5 Å². The van der Waals surface area contributed by atoms with Crippen LogP contribution in [0.5, 0.6) is 0 Å². The Morgan fingerprint density at radius 1 is 1.18 bits per heavy atom. The molecular formula is C25H23N3O3S2. The number of aryl methyl sites for hydroxylation is 1. The predicted octanol–water partition coefficient (Wildman–Crippen LogP) is 6.16. The maximum atomic E-state index is 13.8. The lowest BCUT2D eigenvalue weighted by molar-refractivity contribution is -0.384. The van der Waals surface area contributed by atoms with Crippen molar-refractivity contribution in [3.8, 4) is 5.69 Å². The molecule has 6 nitrogen and oxygen atoms in total. The summed E-state index contributed by atoms with van der Waals surface area (Å²) in [6, 6.07) is 16.2. The lowest BCUT2D eigenvalue weighted by Crippen LogP contribution is -2.22. The average molecular weight is 478 g/mol. The summed E-state index contributed by atoms with van der Waals surface area (Å²) in [5, 5.41) is 12.3. The van der Waals surface area contributed by atoms with Crippen LogP contribution in [0.2, 0.25) is 0 Å². The molecular weight excluding hydrogens is 454 g/mol. The molecule has 168 valence electrons. The van der Waals surface area contributed by atoms with E-state index in [0.717, 1.165) is 47.2 Å². The van der Waals surface area contributed by atoms with E-state index < -0.39 is 4.92 Å². The van der Waals surface area contributed by atoms with Gasteiger partial charge in [-0.3, -0.25) is 19.5 Å². The van der Waals surface area contributed by atoms with Gasteiger partial charge in [-0.1, -0.05) is 55.4 Å². The Bertz CT molecular complexity index is 1380.